The van der Waals surface area contributed by atoms with Gasteiger partial charge in [0.1, 0.15) is 5.75 Å². The monoisotopic (exact) mass is 237 g/mol. The van der Waals surface area contributed by atoms with Crippen LogP contribution in [0.3, 0.4) is 0 Å². The maximum absolute atomic E-state index is 10.7. The van der Waals surface area contributed by atoms with E-state index in [1.54, 1.807) is 6.07 Å². The average Bonchev–Trinajstić information content (AvgIpc) is 2.27. The Morgan fingerprint density at radius 2 is 2.06 bits per heavy atom. The van der Waals surface area contributed by atoms with Crippen LogP contribution >= 0.6 is 0 Å². The molecule has 0 heterocycles. The van der Waals surface area contributed by atoms with Crippen molar-refractivity contribution in [3.63, 3.8) is 0 Å². The van der Waals surface area contributed by atoms with Crippen LogP contribution in [0, 0.1) is 13.8 Å². The van der Waals surface area contributed by atoms with Crippen molar-refractivity contribution in [2.75, 3.05) is 0 Å². The summed E-state index contributed by atoms with van der Waals surface area (Å²) in [6, 6.07) is 5.46. The lowest BCUT2D eigenvalue weighted by molar-refractivity contribution is -0.132. The topological polar surface area (TPSA) is 111 Å². The third-order valence-corrected chi connectivity index (χ3v) is 2.15. The second-order valence-electron chi connectivity index (χ2n) is 3.56. The van der Waals surface area contributed by atoms with E-state index in [9.17, 15) is 4.79 Å². The third-order valence-electron chi connectivity index (χ3n) is 2.15. The van der Waals surface area contributed by atoms with Crippen molar-refractivity contribution in [2.45, 2.75) is 13.8 Å². The van der Waals surface area contributed by atoms with E-state index in [-0.39, 0.29) is 5.88 Å². The van der Waals surface area contributed by atoms with Gasteiger partial charge < -0.3 is 15.6 Å². The number of ether oxygens (including phenoxy) is 1. The summed E-state index contributed by atoms with van der Waals surface area (Å²) in [5.41, 5.74) is 8.89. The highest BCUT2D eigenvalue weighted by atomic mass is 16.5. The number of rotatable bonds is 4. The molecule has 92 valence electrons. The van der Waals surface area contributed by atoms with Crippen LogP contribution in [0.4, 0.5) is 0 Å². The second kappa shape index (κ2) is 5.22. The van der Waals surface area contributed by atoms with E-state index >= 15 is 0 Å². The first-order chi connectivity index (χ1) is 7.95. The molecule has 0 unspecified atom stereocenters. The van der Waals surface area contributed by atoms with Crippen LogP contribution in [0.15, 0.2) is 29.8 Å². The first-order valence-electron chi connectivity index (χ1n) is 4.90. The fraction of sp³-hybridized carbons (Fsp3) is 0.182. The van der Waals surface area contributed by atoms with E-state index in [0.717, 1.165) is 11.1 Å². The van der Waals surface area contributed by atoms with Gasteiger partial charge in [0.2, 0.25) is 5.88 Å². The lowest BCUT2D eigenvalue weighted by Crippen LogP contribution is -2.31. The Kier molecular flexibility index (Phi) is 3.95. The molecule has 0 aliphatic carbocycles. The molecule has 17 heavy (non-hydrogen) atoms. The van der Waals surface area contributed by atoms with Gasteiger partial charge in [0.15, 0.2) is 5.70 Å². The highest BCUT2D eigenvalue weighted by molar-refractivity contribution is 5.85. The summed E-state index contributed by atoms with van der Waals surface area (Å²) in [6.07, 6.45) is 0. The molecule has 0 fully saturated rings. The molecule has 0 aromatic heterocycles. The number of nitrogens with one attached hydrogen (secondary N) is 1. The molecule has 6 N–H and O–H groups in total. The molecule has 0 spiro atoms. The zero-order valence-corrected chi connectivity index (χ0v) is 9.65. The third kappa shape index (κ3) is 3.12. The van der Waals surface area contributed by atoms with E-state index in [2.05, 4.69) is 5.43 Å². The zero-order valence-electron chi connectivity index (χ0n) is 9.65. The van der Waals surface area contributed by atoms with Crippen LogP contribution in [0.2, 0.25) is 0 Å². The maximum atomic E-state index is 10.7. The highest BCUT2D eigenvalue weighted by Gasteiger charge is 2.13. The Morgan fingerprint density at radius 1 is 1.41 bits per heavy atom. The number of carbonyl (C=O) groups is 1. The second-order valence-corrected chi connectivity index (χ2v) is 3.56. The number of hydrogen-bond acceptors (Lipinski definition) is 5. The van der Waals surface area contributed by atoms with Crippen molar-refractivity contribution in [1.82, 2.24) is 5.43 Å². The van der Waals surface area contributed by atoms with Gasteiger partial charge in [0.05, 0.1) is 0 Å². The van der Waals surface area contributed by atoms with Gasteiger partial charge in [-0.05, 0) is 25.5 Å². The molecular weight excluding hydrogens is 222 g/mol. The fourth-order valence-corrected chi connectivity index (χ4v) is 1.28. The van der Waals surface area contributed by atoms with Crippen molar-refractivity contribution in [3.8, 4) is 5.75 Å². The number of carboxylic acids is 1. The van der Waals surface area contributed by atoms with Crippen LogP contribution in [0.1, 0.15) is 11.1 Å². The molecule has 1 aromatic carbocycles. The van der Waals surface area contributed by atoms with Gasteiger partial charge in [-0.2, -0.15) is 0 Å². The van der Waals surface area contributed by atoms with E-state index in [1.807, 2.05) is 26.0 Å². The molecular formula is C11H15N3O3. The quantitative estimate of drug-likeness (QED) is 0.260. The summed E-state index contributed by atoms with van der Waals surface area (Å²) in [5.74, 6) is 4.16. The van der Waals surface area contributed by atoms with Gasteiger partial charge in [-0.1, -0.05) is 17.7 Å². The molecule has 0 saturated heterocycles. The summed E-state index contributed by atoms with van der Waals surface area (Å²) in [6.45, 7) is 3.79. The summed E-state index contributed by atoms with van der Waals surface area (Å²) >= 11 is 0. The van der Waals surface area contributed by atoms with E-state index in [0.29, 0.717) is 5.75 Å². The lowest BCUT2D eigenvalue weighted by atomic mass is 10.1. The lowest BCUT2D eigenvalue weighted by Gasteiger charge is -2.12. The number of nitrogens with two attached hydrogens (primary N) is 2. The first-order valence-corrected chi connectivity index (χ1v) is 4.90. The van der Waals surface area contributed by atoms with Gasteiger partial charge in [0, 0.05) is 0 Å². The summed E-state index contributed by atoms with van der Waals surface area (Å²) in [7, 11) is 0. The molecule has 6 nitrogen and oxygen atoms in total. The minimum absolute atomic E-state index is 0.190. The van der Waals surface area contributed by atoms with E-state index in [4.69, 9.17) is 21.4 Å². The molecule has 0 bridgehead atoms. The Morgan fingerprint density at radius 3 is 2.53 bits per heavy atom. The molecule has 0 amide bonds. The number of aliphatic carboxylic acids is 1. The van der Waals surface area contributed by atoms with Crippen molar-refractivity contribution in [3.05, 3.63) is 40.9 Å². The molecule has 6 heteroatoms. The minimum atomic E-state index is -1.30. The van der Waals surface area contributed by atoms with Crippen LogP contribution in [0.25, 0.3) is 0 Å². The molecule has 1 rings (SSSR count). The molecule has 0 aliphatic heterocycles. The Balaban J connectivity index is 3.04. The van der Waals surface area contributed by atoms with Crippen LogP contribution in [-0.2, 0) is 4.79 Å². The predicted molar refractivity (Wildman–Crippen MR) is 62.7 cm³/mol. The smallest absolute Gasteiger partial charge is 0.357 e. The molecule has 0 saturated carbocycles. The number of hydrazine groups is 1. The predicted octanol–water partition coefficient (Wildman–Crippen LogP) is 0.358. The van der Waals surface area contributed by atoms with Crippen molar-refractivity contribution in [1.29, 1.82) is 0 Å². The van der Waals surface area contributed by atoms with E-state index < -0.39 is 11.7 Å². The normalized spacial score (nSPS) is 11.7. The molecule has 0 atom stereocenters. The van der Waals surface area contributed by atoms with Gasteiger partial charge >= 0.3 is 5.97 Å². The fourth-order valence-electron chi connectivity index (χ4n) is 1.28. The van der Waals surface area contributed by atoms with Crippen LogP contribution in [-0.4, -0.2) is 11.1 Å². The number of hydrogen-bond donors (Lipinski definition) is 4. The largest absolute Gasteiger partial charge is 0.476 e. The number of aryl methyl sites for hydroxylation is 2. The van der Waals surface area contributed by atoms with E-state index in [1.165, 1.54) is 0 Å². The average molecular weight is 237 g/mol. The number of benzene rings is 1. The summed E-state index contributed by atoms with van der Waals surface area (Å²) in [4.78, 5) is 10.7. The van der Waals surface area contributed by atoms with Crippen LogP contribution in [0.5, 0.6) is 5.75 Å². The molecule has 0 radical (unpaired) electrons. The van der Waals surface area contributed by atoms with Gasteiger partial charge in [-0.25, -0.2) is 10.6 Å². The van der Waals surface area contributed by atoms with Gasteiger partial charge in [-0.3, -0.25) is 5.43 Å². The first kappa shape index (κ1) is 12.9. The molecule has 0 aliphatic rings. The van der Waals surface area contributed by atoms with Crippen molar-refractivity contribution < 1.29 is 14.6 Å². The Bertz CT molecular complexity index is 469. The minimum Gasteiger partial charge on any atom is -0.476 e. The summed E-state index contributed by atoms with van der Waals surface area (Å²) < 4.78 is 5.31. The Hall–Kier alpha value is -2.21. The maximum Gasteiger partial charge on any atom is 0.357 e. The summed E-state index contributed by atoms with van der Waals surface area (Å²) in [5, 5.41) is 8.72. The standard InChI is InChI=1S/C11H15N3O3/c1-6-3-4-8(7(2)5-6)17-10(14-13)9(12)11(15)16/h3-5,14H,12-13H2,1-2H3,(H,15,16)/b10-9+. The molecule has 1 aromatic rings. The zero-order chi connectivity index (χ0) is 13.0. The highest BCUT2D eigenvalue weighted by Crippen LogP contribution is 2.20. The Labute approximate surface area is 98.8 Å². The van der Waals surface area contributed by atoms with Crippen LogP contribution < -0.4 is 21.7 Å². The van der Waals surface area contributed by atoms with Gasteiger partial charge in [-0.15, -0.1) is 0 Å². The van der Waals surface area contributed by atoms with Crippen molar-refractivity contribution in [2.24, 2.45) is 11.6 Å². The SMILES string of the molecule is Cc1ccc(O/C(NN)=C(/N)C(=O)O)c(C)c1. The number of carboxylic acid groups (broad SMARTS) is 1. The van der Waals surface area contributed by atoms with Gasteiger partial charge in [0.25, 0.3) is 0 Å². The van der Waals surface area contributed by atoms with Crippen molar-refractivity contribution >= 4 is 5.97 Å².